The highest BCUT2D eigenvalue weighted by Gasteiger charge is 2.12. The van der Waals surface area contributed by atoms with Crippen LogP contribution in [0.25, 0.3) is 0 Å². The molecule has 0 atom stereocenters. The van der Waals surface area contributed by atoms with Crippen LogP contribution >= 0.6 is 0 Å². The summed E-state index contributed by atoms with van der Waals surface area (Å²) in [5, 5.41) is 2.46. The van der Waals surface area contributed by atoms with Crippen molar-refractivity contribution in [3.05, 3.63) is 54.1 Å². The Balaban J connectivity index is 1.98. The highest BCUT2D eigenvalue weighted by Crippen LogP contribution is 2.25. The number of alkyl halides is 4. The van der Waals surface area contributed by atoms with Crippen molar-refractivity contribution in [2.45, 2.75) is 19.6 Å². The summed E-state index contributed by atoms with van der Waals surface area (Å²) < 4.78 is 57.2. The van der Waals surface area contributed by atoms with Crippen LogP contribution in [0.15, 0.2) is 48.5 Å². The maximum Gasteiger partial charge on any atom is 0.387 e. The van der Waals surface area contributed by atoms with Crippen LogP contribution in [0.3, 0.4) is 0 Å². The predicted octanol–water partition coefficient (Wildman–Crippen LogP) is 4.07. The molecule has 24 heavy (non-hydrogen) atoms. The molecule has 2 aromatic carbocycles. The van der Waals surface area contributed by atoms with Crippen LogP contribution in [0, 0.1) is 0 Å². The summed E-state index contributed by atoms with van der Waals surface area (Å²) >= 11 is 0. The van der Waals surface area contributed by atoms with E-state index in [0.717, 1.165) is 0 Å². The van der Waals surface area contributed by atoms with Crippen molar-refractivity contribution < 1.29 is 31.8 Å². The zero-order valence-electron chi connectivity index (χ0n) is 12.2. The maximum atomic E-state index is 12.3. The van der Waals surface area contributed by atoms with Gasteiger partial charge in [0.1, 0.15) is 11.5 Å². The van der Waals surface area contributed by atoms with Gasteiger partial charge in [-0.05, 0) is 29.8 Å². The average Bonchev–Trinajstić information content (AvgIpc) is 2.50. The fraction of sp³-hybridized carbons (Fsp3) is 0.188. The van der Waals surface area contributed by atoms with Crippen LogP contribution in [0.4, 0.5) is 23.2 Å². The number of amides is 1. The first-order valence-electron chi connectivity index (χ1n) is 6.81. The van der Waals surface area contributed by atoms with E-state index in [2.05, 4.69) is 14.8 Å². The number of benzene rings is 2. The maximum absolute atomic E-state index is 12.3. The second-order valence-electron chi connectivity index (χ2n) is 4.62. The molecule has 2 rings (SSSR count). The van der Waals surface area contributed by atoms with E-state index >= 15 is 0 Å². The lowest BCUT2D eigenvalue weighted by Crippen LogP contribution is -2.16. The average molecular weight is 343 g/mol. The summed E-state index contributed by atoms with van der Waals surface area (Å²) in [6.45, 7) is -5.93. The van der Waals surface area contributed by atoms with Crippen LogP contribution < -0.4 is 14.8 Å². The standard InChI is InChI=1S/C16H13F4NO3/c17-15(18)23-11-7-5-10(6-8-11)9-14(22)21-12-3-1-2-4-13(12)24-16(19)20/h1-8,15-16H,9H2,(H,21,22). The van der Waals surface area contributed by atoms with Gasteiger partial charge in [-0.3, -0.25) is 4.79 Å². The molecular formula is C16H13F4NO3. The summed E-state index contributed by atoms with van der Waals surface area (Å²) in [7, 11) is 0. The minimum atomic E-state index is -3.01. The molecule has 0 fully saturated rings. The number of ether oxygens (including phenoxy) is 2. The third kappa shape index (κ3) is 5.45. The summed E-state index contributed by atoms with van der Waals surface area (Å²) in [5.41, 5.74) is 0.654. The molecule has 0 aromatic heterocycles. The summed E-state index contributed by atoms with van der Waals surface area (Å²) in [4.78, 5) is 12.0. The normalized spacial score (nSPS) is 10.8. The summed E-state index contributed by atoms with van der Waals surface area (Å²) in [5.74, 6) is -0.644. The second kappa shape index (κ2) is 8.19. The van der Waals surface area contributed by atoms with Crippen molar-refractivity contribution in [1.29, 1.82) is 0 Å². The molecule has 0 aliphatic heterocycles. The number of hydrogen-bond donors (Lipinski definition) is 1. The number of nitrogens with one attached hydrogen (secondary N) is 1. The quantitative estimate of drug-likeness (QED) is 0.771. The predicted molar refractivity (Wildman–Crippen MR) is 78.5 cm³/mol. The number of para-hydroxylation sites is 2. The first kappa shape index (κ1) is 17.6. The molecule has 0 unspecified atom stereocenters. The highest BCUT2D eigenvalue weighted by atomic mass is 19.3. The molecule has 1 N–H and O–H groups in total. The molecule has 2 aromatic rings. The minimum absolute atomic E-state index is 0.0233. The zero-order chi connectivity index (χ0) is 17.5. The van der Waals surface area contributed by atoms with E-state index in [1.807, 2.05) is 0 Å². The van der Waals surface area contributed by atoms with E-state index in [-0.39, 0.29) is 23.6 Å². The zero-order valence-corrected chi connectivity index (χ0v) is 12.2. The van der Waals surface area contributed by atoms with E-state index in [1.165, 1.54) is 42.5 Å². The lowest BCUT2D eigenvalue weighted by molar-refractivity contribution is -0.115. The largest absolute Gasteiger partial charge is 0.435 e. The van der Waals surface area contributed by atoms with Gasteiger partial charge in [0.2, 0.25) is 5.91 Å². The van der Waals surface area contributed by atoms with Gasteiger partial charge in [0.05, 0.1) is 12.1 Å². The number of carbonyl (C=O) groups is 1. The van der Waals surface area contributed by atoms with Crippen LogP contribution in [0.2, 0.25) is 0 Å². The first-order valence-corrected chi connectivity index (χ1v) is 6.81. The van der Waals surface area contributed by atoms with Crippen LogP contribution in [-0.4, -0.2) is 19.1 Å². The van der Waals surface area contributed by atoms with Crippen LogP contribution in [0.1, 0.15) is 5.56 Å². The lowest BCUT2D eigenvalue weighted by atomic mass is 10.1. The van der Waals surface area contributed by atoms with E-state index in [4.69, 9.17) is 0 Å². The van der Waals surface area contributed by atoms with Gasteiger partial charge < -0.3 is 14.8 Å². The van der Waals surface area contributed by atoms with Gasteiger partial charge in [0, 0.05) is 0 Å². The van der Waals surface area contributed by atoms with Gasteiger partial charge in [-0.25, -0.2) is 0 Å². The van der Waals surface area contributed by atoms with Crippen molar-refractivity contribution >= 4 is 11.6 Å². The second-order valence-corrected chi connectivity index (χ2v) is 4.62. The Morgan fingerprint density at radius 3 is 2.17 bits per heavy atom. The van der Waals surface area contributed by atoms with Crippen molar-refractivity contribution in [3.63, 3.8) is 0 Å². The third-order valence-corrected chi connectivity index (χ3v) is 2.89. The van der Waals surface area contributed by atoms with Gasteiger partial charge in [0.25, 0.3) is 0 Å². The molecule has 8 heteroatoms. The number of halogens is 4. The SMILES string of the molecule is O=C(Cc1ccc(OC(F)F)cc1)Nc1ccccc1OC(F)F. The number of rotatable bonds is 7. The number of anilines is 1. The molecule has 0 saturated carbocycles. The molecular weight excluding hydrogens is 330 g/mol. The molecule has 0 aliphatic carbocycles. The van der Waals surface area contributed by atoms with E-state index in [0.29, 0.717) is 5.56 Å². The minimum Gasteiger partial charge on any atom is -0.435 e. The van der Waals surface area contributed by atoms with Crippen molar-refractivity contribution in [1.82, 2.24) is 0 Å². The van der Waals surface area contributed by atoms with Gasteiger partial charge >= 0.3 is 13.2 Å². The first-order chi connectivity index (χ1) is 11.4. The van der Waals surface area contributed by atoms with Crippen LogP contribution in [0.5, 0.6) is 11.5 Å². The molecule has 0 bridgehead atoms. The summed E-state index contributed by atoms with van der Waals surface area (Å²) in [6.07, 6.45) is -0.0715. The lowest BCUT2D eigenvalue weighted by Gasteiger charge is -2.11. The molecule has 0 spiro atoms. The molecule has 0 saturated heterocycles. The third-order valence-electron chi connectivity index (χ3n) is 2.89. The van der Waals surface area contributed by atoms with Crippen LogP contribution in [-0.2, 0) is 11.2 Å². The van der Waals surface area contributed by atoms with Crippen molar-refractivity contribution in [3.8, 4) is 11.5 Å². The smallest absolute Gasteiger partial charge is 0.387 e. The Bertz CT molecular complexity index is 677. The Morgan fingerprint density at radius 2 is 1.54 bits per heavy atom. The van der Waals surface area contributed by atoms with Crippen molar-refractivity contribution in [2.24, 2.45) is 0 Å². The molecule has 0 aliphatic rings. The van der Waals surface area contributed by atoms with Gasteiger partial charge in [-0.15, -0.1) is 0 Å². The fourth-order valence-corrected chi connectivity index (χ4v) is 1.94. The van der Waals surface area contributed by atoms with Crippen molar-refractivity contribution in [2.75, 3.05) is 5.32 Å². The fourth-order valence-electron chi connectivity index (χ4n) is 1.94. The Hall–Kier alpha value is -2.77. The topological polar surface area (TPSA) is 47.6 Å². The van der Waals surface area contributed by atoms with E-state index in [1.54, 1.807) is 6.07 Å². The highest BCUT2D eigenvalue weighted by molar-refractivity contribution is 5.93. The van der Waals surface area contributed by atoms with Gasteiger partial charge in [0.15, 0.2) is 0 Å². The molecule has 1 amide bonds. The molecule has 0 heterocycles. The van der Waals surface area contributed by atoms with Gasteiger partial charge in [-0.2, -0.15) is 17.6 Å². The van der Waals surface area contributed by atoms with E-state index < -0.39 is 19.1 Å². The Labute approximate surface area is 135 Å². The Kier molecular flexibility index (Phi) is 6.00. The summed E-state index contributed by atoms with van der Waals surface area (Å²) in [6, 6.07) is 11.3. The monoisotopic (exact) mass is 343 g/mol. The molecule has 4 nitrogen and oxygen atoms in total. The molecule has 0 radical (unpaired) electrons. The number of hydrogen-bond acceptors (Lipinski definition) is 3. The van der Waals surface area contributed by atoms with E-state index in [9.17, 15) is 22.4 Å². The van der Waals surface area contributed by atoms with Gasteiger partial charge in [-0.1, -0.05) is 24.3 Å². The molecule has 128 valence electrons. The Morgan fingerprint density at radius 1 is 0.917 bits per heavy atom. The number of carbonyl (C=O) groups excluding carboxylic acids is 1.